The van der Waals surface area contributed by atoms with Crippen LogP contribution in [-0.4, -0.2) is 9.95 Å². The van der Waals surface area contributed by atoms with E-state index in [1.807, 2.05) is 6.07 Å². The quantitative estimate of drug-likeness (QED) is 0.476. The molecule has 0 amide bonds. The molecule has 0 aliphatic carbocycles. The summed E-state index contributed by atoms with van der Waals surface area (Å²) >= 11 is 16.1. The van der Waals surface area contributed by atoms with Gasteiger partial charge in [0.25, 0.3) is 0 Å². The van der Waals surface area contributed by atoms with Gasteiger partial charge in [-0.1, -0.05) is 24.3 Å². The number of carbonyl (C=O) groups excluding carboxylic acids is 1. The minimum Gasteiger partial charge on any atom is -0.411 e. The second-order valence-electron chi connectivity index (χ2n) is 2.99. The molecule has 0 unspecified atom stereocenters. The van der Waals surface area contributed by atoms with Crippen LogP contribution >= 0.6 is 34.8 Å². The first-order chi connectivity index (χ1) is 7.44. The van der Waals surface area contributed by atoms with Gasteiger partial charge in [-0.05, 0) is 52.9 Å². The molecule has 0 aliphatic rings. The molecule has 1 rings (SSSR count). The normalized spacial score (nSPS) is 10.9. The third-order valence-corrected chi connectivity index (χ3v) is 2.04. The highest BCUT2D eigenvalue weighted by Gasteiger charge is 2.26. The van der Waals surface area contributed by atoms with Gasteiger partial charge in [-0.2, -0.15) is 0 Å². The van der Waals surface area contributed by atoms with Crippen LogP contribution in [-0.2, 0) is 11.2 Å². The molecule has 0 atom stereocenters. The standard InChI is InChI=1S/C11H9Cl3O2/c1-2-5-8-6-3-4-7-9(8)10(15)16-11(12,13)14/h2-4,6-7H,1,5H2. The van der Waals surface area contributed by atoms with Crippen LogP contribution in [0.2, 0.25) is 0 Å². The van der Waals surface area contributed by atoms with Crippen molar-refractivity contribution in [2.45, 2.75) is 10.4 Å². The molecule has 0 N–H and O–H groups in total. The molecule has 0 fully saturated rings. The Morgan fingerprint density at radius 1 is 1.38 bits per heavy atom. The van der Waals surface area contributed by atoms with Crippen LogP contribution in [0.1, 0.15) is 15.9 Å². The number of esters is 1. The highest BCUT2D eigenvalue weighted by Crippen LogP contribution is 2.29. The van der Waals surface area contributed by atoms with E-state index in [4.69, 9.17) is 34.8 Å². The number of halogens is 3. The second kappa shape index (κ2) is 5.58. The van der Waals surface area contributed by atoms with Crippen molar-refractivity contribution in [1.82, 2.24) is 0 Å². The number of benzene rings is 1. The fourth-order valence-corrected chi connectivity index (χ4v) is 1.42. The lowest BCUT2D eigenvalue weighted by Crippen LogP contribution is -2.17. The summed E-state index contributed by atoms with van der Waals surface area (Å²) in [6.07, 6.45) is 2.23. The van der Waals surface area contributed by atoms with E-state index in [2.05, 4.69) is 11.3 Å². The summed E-state index contributed by atoms with van der Waals surface area (Å²) in [5, 5.41) is 0. The number of alkyl halides is 3. The third kappa shape index (κ3) is 4.05. The summed E-state index contributed by atoms with van der Waals surface area (Å²) < 4.78 is 2.59. The van der Waals surface area contributed by atoms with Gasteiger partial charge in [0.2, 0.25) is 0 Å². The van der Waals surface area contributed by atoms with Gasteiger partial charge in [-0.25, -0.2) is 4.79 Å². The number of rotatable bonds is 3. The minimum absolute atomic E-state index is 0.369. The number of hydrogen-bond donors (Lipinski definition) is 0. The van der Waals surface area contributed by atoms with Gasteiger partial charge < -0.3 is 4.74 Å². The molecule has 16 heavy (non-hydrogen) atoms. The first kappa shape index (κ1) is 13.4. The zero-order valence-corrected chi connectivity index (χ0v) is 10.5. The Balaban J connectivity index is 2.94. The van der Waals surface area contributed by atoms with Crippen LogP contribution in [0.15, 0.2) is 36.9 Å². The van der Waals surface area contributed by atoms with Crippen molar-refractivity contribution in [1.29, 1.82) is 0 Å². The van der Waals surface area contributed by atoms with Crippen molar-refractivity contribution >= 4 is 40.8 Å². The van der Waals surface area contributed by atoms with Crippen LogP contribution in [0.25, 0.3) is 0 Å². The van der Waals surface area contributed by atoms with Crippen LogP contribution < -0.4 is 0 Å². The SMILES string of the molecule is C=CCc1ccccc1C(=O)OC(Cl)(Cl)Cl. The summed E-state index contributed by atoms with van der Waals surface area (Å²) in [5.41, 5.74) is 1.14. The molecule has 0 aliphatic heterocycles. The first-order valence-electron chi connectivity index (χ1n) is 4.43. The average Bonchev–Trinajstić information content (AvgIpc) is 2.16. The fraction of sp³-hybridized carbons (Fsp3) is 0.182. The lowest BCUT2D eigenvalue weighted by Gasteiger charge is -2.13. The van der Waals surface area contributed by atoms with Crippen LogP contribution in [0.3, 0.4) is 0 Å². The van der Waals surface area contributed by atoms with Crippen LogP contribution in [0.5, 0.6) is 0 Å². The maximum Gasteiger partial charge on any atom is 0.341 e. The minimum atomic E-state index is -2.04. The predicted octanol–water partition coefficient (Wildman–Crippen LogP) is 3.90. The topological polar surface area (TPSA) is 26.3 Å². The van der Waals surface area contributed by atoms with E-state index in [1.165, 1.54) is 0 Å². The molecule has 5 heteroatoms. The second-order valence-corrected chi connectivity index (χ2v) is 5.16. The molecular weight excluding hydrogens is 270 g/mol. The summed E-state index contributed by atoms with van der Waals surface area (Å²) in [6, 6.07) is 6.92. The molecule has 0 saturated heterocycles. The Morgan fingerprint density at radius 3 is 2.56 bits per heavy atom. The molecule has 1 aromatic carbocycles. The number of ether oxygens (including phenoxy) is 1. The summed E-state index contributed by atoms with van der Waals surface area (Å²) in [6.45, 7) is 3.60. The van der Waals surface area contributed by atoms with Gasteiger partial charge in [-0.3, -0.25) is 0 Å². The van der Waals surface area contributed by atoms with Gasteiger partial charge >= 0.3 is 9.95 Å². The van der Waals surface area contributed by atoms with Gasteiger partial charge in [0, 0.05) is 0 Å². The largest absolute Gasteiger partial charge is 0.411 e. The zero-order chi connectivity index (χ0) is 12.2. The van der Waals surface area contributed by atoms with Crippen molar-refractivity contribution in [2.24, 2.45) is 0 Å². The fourth-order valence-electron chi connectivity index (χ4n) is 1.21. The third-order valence-electron chi connectivity index (χ3n) is 1.81. The summed E-state index contributed by atoms with van der Waals surface area (Å²) in [7, 11) is 0. The molecule has 0 bridgehead atoms. The predicted molar refractivity (Wildman–Crippen MR) is 66.0 cm³/mol. The molecular formula is C11H9Cl3O2. The molecule has 0 saturated carbocycles. The van der Waals surface area contributed by atoms with Gasteiger partial charge in [0.15, 0.2) is 0 Å². The van der Waals surface area contributed by atoms with Gasteiger partial charge in [0.1, 0.15) is 0 Å². The average molecular weight is 280 g/mol. The van der Waals surface area contributed by atoms with Crippen LogP contribution in [0.4, 0.5) is 0 Å². The zero-order valence-electron chi connectivity index (χ0n) is 8.25. The Labute approximate surface area is 109 Å². The molecule has 1 aromatic rings. The van der Waals surface area contributed by atoms with E-state index in [-0.39, 0.29) is 0 Å². The lowest BCUT2D eigenvalue weighted by atomic mass is 10.1. The molecule has 2 nitrogen and oxygen atoms in total. The summed E-state index contributed by atoms with van der Waals surface area (Å²) in [5.74, 6) is -0.669. The van der Waals surface area contributed by atoms with Gasteiger partial charge in [0.05, 0.1) is 5.56 Å². The maximum atomic E-state index is 11.6. The Hall–Kier alpha value is -0.700. The molecule has 86 valence electrons. The Kier molecular flexibility index (Phi) is 4.66. The highest BCUT2D eigenvalue weighted by molar-refractivity contribution is 6.66. The molecule has 0 aromatic heterocycles. The van der Waals surface area contributed by atoms with Crippen molar-refractivity contribution in [3.63, 3.8) is 0 Å². The molecule has 0 heterocycles. The number of allylic oxidation sites excluding steroid dienone is 1. The lowest BCUT2D eigenvalue weighted by molar-refractivity contribution is 0.0490. The number of carbonyl (C=O) groups is 1. The maximum absolute atomic E-state index is 11.6. The van der Waals surface area contributed by atoms with E-state index in [0.29, 0.717) is 12.0 Å². The smallest absolute Gasteiger partial charge is 0.341 e. The van der Waals surface area contributed by atoms with Crippen molar-refractivity contribution in [2.75, 3.05) is 0 Å². The highest BCUT2D eigenvalue weighted by atomic mass is 35.6. The van der Waals surface area contributed by atoms with Crippen molar-refractivity contribution in [3.05, 3.63) is 48.0 Å². The summed E-state index contributed by atoms with van der Waals surface area (Å²) in [4.78, 5) is 11.6. The van der Waals surface area contributed by atoms with E-state index < -0.39 is 9.95 Å². The monoisotopic (exact) mass is 278 g/mol. The van der Waals surface area contributed by atoms with E-state index in [9.17, 15) is 4.79 Å². The van der Waals surface area contributed by atoms with Crippen molar-refractivity contribution < 1.29 is 9.53 Å². The van der Waals surface area contributed by atoms with Crippen LogP contribution in [0, 0.1) is 0 Å². The van der Waals surface area contributed by atoms with E-state index >= 15 is 0 Å². The van der Waals surface area contributed by atoms with E-state index in [0.717, 1.165) is 5.56 Å². The molecule has 0 spiro atoms. The van der Waals surface area contributed by atoms with Crippen molar-refractivity contribution in [3.8, 4) is 0 Å². The first-order valence-corrected chi connectivity index (χ1v) is 5.56. The molecule has 0 radical (unpaired) electrons. The number of hydrogen-bond acceptors (Lipinski definition) is 2. The van der Waals surface area contributed by atoms with Gasteiger partial charge in [-0.15, -0.1) is 6.58 Å². The Morgan fingerprint density at radius 2 is 2.00 bits per heavy atom. The Bertz CT molecular complexity index is 396. The van der Waals surface area contributed by atoms with E-state index in [1.54, 1.807) is 24.3 Å².